The van der Waals surface area contributed by atoms with E-state index in [1.807, 2.05) is 56.3 Å². The number of carboxylic acid groups (broad SMARTS) is 1. The van der Waals surface area contributed by atoms with Crippen molar-refractivity contribution in [2.75, 3.05) is 0 Å². The normalized spacial score (nSPS) is 10.2. The summed E-state index contributed by atoms with van der Waals surface area (Å²) < 4.78 is 5.16. The molecule has 0 spiro atoms. The molecule has 0 aromatic heterocycles. The molecule has 0 aliphatic rings. The zero-order valence-corrected chi connectivity index (χ0v) is 13.8. The molecule has 2 N–H and O–H groups in total. The SMILES string of the molecule is Cc1cc(CNC(=O)OCc2ccccc2)cc(C)c1CC(=O)O. The predicted octanol–water partition coefficient (Wildman–Crippen LogP) is 3.36. The minimum Gasteiger partial charge on any atom is -0.481 e. The van der Waals surface area contributed by atoms with Gasteiger partial charge in [-0.2, -0.15) is 0 Å². The van der Waals surface area contributed by atoms with Crippen molar-refractivity contribution in [1.82, 2.24) is 5.32 Å². The van der Waals surface area contributed by atoms with Gasteiger partial charge >= 0.3 is 12.1 Å². The lowest BCUT2D eigenvalue weighted by Gasteiger charge is -2.12. The Labute approximate surface area is 141 Å². The molecule has 0 unspecified atom stereocenters. The molecule has 0 atom stereocenters. The molecule has 0 saturated heterocycles. The fourth-order valence-electron chi connectivity index (χ4n) is 2.56. The Morgan fingerprint density at radius 1 is 1.04 bits per heavy atom. The molecule has 2 aromatic carbocycles. The maximum atomic E-state index is 11.8. The number of carbonyl (C=O) groups excluding carboxylic acids is 1. The van der Waals surface area contributed by atoms with Crippen LogP contribution in [0.25, 0.3) is 0 Å². The lowest BCUT2D eigenvalue weighted by Crippen LogP contribution is -2.23. The Bertz CT molecular complexity index is 702. The monoisotopic (exact) mass is 327 g/mol. The molecule has 0 aliphatic heterocycles. The number of hydrogen-bond donors (Lipinski definition) is 2. The first-order valence-electron chi connectivity index (χ1n) is 7.71. The molecule has 5 heteroatoms. The van der Waals surface area contributed by atoms with Crippen LogP contribution in [0.15, 0.2) is 42.5 Å². The van der Waals surface area contributed by atoms with Gasteiger partial charge in [0.25, 0.3) is 0 Å². The summed E-state index contributed by atoms with van der Waals surface area (Å²) >= 11 is 0. The number of carboxylic acids is 1. The standard InChI is InChI=1S/C19H21NO4/c1-13-8-16(9-14(2)17(13)10-18(21)22)11-20-19(23)24-12-15-6-4-3-5-7-15/h3-9H,10-12H2,1-2H3,(H,20,23)(H,21,22). The number of aryl methyl sites for hydroxylation is 2. The van der Waals surface area contributed by atoms with Crippen molar-refractivity contribution >= 4 is 12.1 Å². The van der Waals surface area contributed by atoms with Crippen LogP contribution >= 0.6 is 0 Å². The van der Waals surface area contributed by atoms with E-state index < -0.39 is 12.1 Å². The summed E-state index contributed by atoms with van der Waals surface area (Å²) in [5, 5.41) is 11.6. The number of benzene rings is 2. The van der Waals surface area contributed by atoms with E-state index in [0.29, 0.717) is 6.54 Å². The van der Waals surface area contributed by atoms with Crippen molar-refractivity contribution in [2.24, 2.45) is 0 Å². The zero-order chi connectivity index (χ0) is 17.5. The summed E-state index contributed by atoms with van der Waals surface area (Å²) in [7, 11) is 0. The molecule has 0 aliphatic carbocycles. The molecule has 1 amide bonds. The van der Waals surface area contributed by atoms with Crippen LogP contribution in [0.1, 0.15) is 27.8 Å². The maximum absolute atomic E-state index is 11.8. The number of nitrogens with one attached hydrogen (secondary N) is 1. The molecule has 0 fully saturated rings. The van der Waals surface area contributed by atoms with Crippen LogP contribution in [0.2, 0.25) is 0 Å². The summed E-state index contributed by atoms with van der Waals surface area (Å²) in [6.45, 7) is 4.32. The lowest BCUT2D eigenvalue weighted by atomic mass is 9.97. The molecule has 2 rings (SSSR count). The highest BCUT2D eigenvalue weighted by Gasteiger charge is 2.10. The second-order valence-corrected chi connectivity index (χ2v) is 5.69. The molecule has 0 heterocycles. The molecule has 0 radical (unpaired) electrons. The van der Waals surface area contributed by atoms with Gasteiger partial charge in [0.1, 0.15) is 6.61 Å². The fraction of sp³-hybridized carbons (Fsp3) is 0.263. The van der Waals surface area contributed by atoms with E-state index in [0.717, 1.165) is 27.8 Å². The first-order chi connectivity index (χ1) is 11.5. The van der Waals surface area contributed by atoms with Gasteiger partial charge in [0.15, 0.2) is 0 Å². The van der Waals surface area contributed by atoms with Crippen molar-refractivity contribution in [3.8, 4) is 0 Å². The van der Waals surface area contributed by atoms with E-state index in [1.165, 1.54) is 0 Å². The zero-order valence-electron chi connectivity index (χ0n) is 13.8. The van der Waals surface area contributed by atoms with Crippen molar-refractivity contribution < 1.29 is 19.4 Å². The van der Waals surface area contributed by atoms with E-state index >= 15 is 0 Å². The number of amides is 1. The first-order valence-corrected chi connectivity index (χ1v) is 7.71. The van der Waals surface area contributed by atoms with Crippen molar-refractivity contribution in [2.45, 2.75) is 33.4 Å². The first kappa shape index (κ1) is 17.5. The Morgan fingerprint density at radius 3 is 2.25 bits per heavy atom. The van der Waals surface area contributed by atoms with Gasteiger partial charge in [-0.05, 0) is 41.7 Å². The van der Waals surface area contributed by atoms with Gasteiger partial charge in [-0.15, -0.1) is 0 Å². The summed E-state index contributed by atoms with van der Waals surface area (Å²) in [4.78, 5) is 22.6. The van der Waals surface area contributed by atoms with Crippen molar-refractivity contribution in [3.05, 3.63) is 70.3 Å². The average Bonchev–Trinajstić information content (AvgIpc) is 2.55. The molecule has 5 nitrogen and oxygen atoms in total. The second-order valence-electron chi connectivity index (χ2n) is 5.69. The second kappa shape index (κ2) is 8.15. The third-order valence-electron chi connectivity index (χ3n) is 3.73. The quantitative estimate of drug-likeness (QED) is 0.853. The smallest absolute Gasteiger partial charge is 0.407 e. The van der Waals surface area contributed by atoms with Gasteiger partial charge in [-0.25, -0.2) is 4.79 Å². The molecule has 126 valence electrons. The fourth-order valence-corrected chi connectivity index (χ4v) is 2.56. The Hall–Kier alpha value is -2.82. The molecule has 0 saturated carbocycles. The topological polar surface area (TPSA) is 75.6 Å². The molecule has 0 bridgehead atoms. The van der Waals surface area contributed by atoms with Gasteiger partial charge in [0, 0.05) is 6.54 Å². The van der Waals surface area contributed by atoms with Gasteiger partial charge in [-0.3, -0.25) is 4.79 Å². The number of aliphatic carboxylic acids is 1. The number of rotatable bonds is 6. The van der Waals surface area contributed by atoms with Crippen LogP contribution in [0.4, 0.5) is 4.79 Å². The number of carbonyl (C=O) groups is 2. The highest BCUT2D eigenvalue weighted by atomic mass is 16.5. The Kier molecular flexibility index (Phi) is 5.95. The van der Waals surface area contributed by atoms with Gasteiger partial charge < -0.3 is 15.2 Å². The Morgan fingerprint density at radius 2 is 1.67 bits per heavy atom. The molecular weight excluding hydrogens is 306 g/mol. The average molecular weight is 327 g/mol. The number of hydrogen-bond acceptors (Lipinski definition) is 3. The summed E-state index contributed by atoms with van der Waals surface area (Å²) in [6.07, 6.45) is -0.478. The van der Waals surface area contributed by atoms with E-state index in [4.69, 9.17) is 9.84 Å². The van der Waals surface area contributed by atoms with Crippen LogP contribution in [0.3, 0.4) is 0 Å². The predicted molar refractivity (Wildman–Crippen MR) is 90.7 cm³/mol. The van der Waals surface area contributed by atoms with E-state index in [-0.39, 0.29) is 13.0 Å². The largest absolute Gasteiger partial charge is 0.481 e. The van der Waals surface area contributed by atoms with Crippen LogP contribution in [-0.4, -0.2) is 17.2 Å². The van der Waals surface area contributed by atoms with Gasteiger partial charge in [-0.1, -0.05) is 42.5 Å². The highest BCUT2D eigenvalue weighted by Crippen LogP contribution is 2.17. The van der Waals surface area contributed by atoms with Crippen LogP contribution in [0.5, 0.6) is 0 Å². The summed E-state index contributed by atoms with van der Waals surface area (Å²) in [5.41, 5.74) is 4.48. The number of alkyl carbamates (subject to hydrolysis) is 1. The van der Waals surface area contributed by atoms with E-state index in [9.17, 15) is 9.59 Å². The summed E-state index contributed by atoms with van der Waals surface area (Å²) in [6, 6.07) is 13.2. The van der Waals surface area contributed by atoms with Gasteiger partial charge in [0.2, 0.25) is 0 Å². The highest BCUT2D eigenvalue weighted by molar-refractivity contribution is 5.71. The third-order valence-corrected chi connectivity index (χ3v) is 3.73. The third kappa shape index (κ3) is 5.12. The maximum Gasteiger partial charge on any atom is 0.407 e. The van der Waals surface area contributed by atoms with Gasteiger partial charge in [0.05, 0.1) is 6.42 Å². The van der Waals surface area contributed by atoms with Crippen LogP contribution < -0.4 is 5.32 Å². The van der Waals surface area contributed by atoms with E-state index in [2.05, 4.69) is 5.32 Å². The molecular formula is C19H21NO4. The minimum atomic E-state index is -0.850. The van der Waals surface area contributed by atoms with Crippen molar-refractivity contribution in [3.63, 3.8) is 0 Å². The lowest BCUT2D eigenvalue weighted by molar-refractivity contribution is -0.136. The Balaban J connectivity index is 1.89. The van der Waals surface area contributed by atoms with Crippen LogP contribution in [0, 0.1) is 13.8 Å². The van der Waals surface area contributed by atoms with Crippen molar-refractivity contribution in [1.29, 1.82) is 0 Å². The molecule has 2 aromatic rings. The van der Waals surface area contributed by atoms with E-state index in [1.54, 1.807) is 0 Å². The molecule has 24 heavy (non-hydrogen) atoms. The minimum absolute atomic E-state index is 0.00446. The summed E-state index contributed by atoms with van der Waals surface area (Å²) in [5.74, 6) is -0.850. The number of ether oxygens (including phenoxy) is 1. The van der Waals surface area contributed by atoms with Crippen LogP contribution in [-0.2, 0) is 29.1 Å².